The highest BCUT2D eigenvalue weighted by Gasteiger charge is 1.95. The van der Waals surface area contributed by atoms with Crippen molar-refractivity contribution in [1.29, 1.82) is 0 Å². The number of hydrogen-bond acceptors (Lipinski definition) is 5. The number of nitrogens with one attached hydrogen (secondary N) is 1. The minimum Gasteiger partial charge on any atom is -0.314 e. The Labute approximate surface area is 69.8 Å². The lowest BCUT2D eigenvalue weighted by Gasteiger charge is -1.96. The molecule has 1 aromatic heterocycles. The van der Waals surface area contributed by atoms with Crippen molar-refractivity contribution in [3.63, 3.8) is 0 Å². The van der Waals surface area contributed by atoms with E-state index in [4.69, 9.17) is 0 Å². The van der Waals surface area contributed by atoms with Crippen molar-refractivity contribution >= 4 is 11.8 Å². The lowest BCUT2D eigenvalue weighted by atomic mass is 10.5. The maximum absolute atomic E-state index is 4.07. The highest BCUT2D eigenvalue weighted by atomic mass is 32.2. The third kappa shape index (κ3) is 2.44. The Morgan fingerprint density at radius 3 is 2.82 bits per heavy atom. The molecule has 1 heterocycles. The Morgan fingerprint density at radius 2 is 2.36 bits per heavy atom. The Bertz CT molecular complexity index is 210. The molecule has 0 saturated carbocycles. The SMILES string of the molecule is CNCc1cnc(SC)nn1. The number of aromatic nitrogens is 3. The summed E-state index contributed by atoms with van der Waals surface area (Å²) in [5, 5.41) is 11.5. The average molecular weight is 170 g/mol. The lowest BCUT2D eigenvalue weighted by molar-refractivity contribution is 0.722. The Balaban J connectivity index is 2.66. The van der Waals surface area contributed by atoms with Gasteiger partial charge in [-0.05, 0) is 13.3 Å². The third-order valence-electron chi connectivity index (χ3n) is 1.13. The molecule has 60 valence electrons. The summed E-state index contributed by atoms with van der Waals surface area (Å²) in [5.41, 5.74) is 0.866. The van der Waals surface area contributed by atoms with Crippen LogP contribution in [0.4, 0.5) is 0 Å². The molecule has 0 atom stereocenters. The largest absolute Gasteiger partial charge is 0.314 e. The Hall–Kier alpha value is -0.680. The quantitative estimate of drug-likeness (QED) is 0.662. The minimum atomic E-state index is 0.713. The van der Waals surface area contributed by atoms with Crippen LogP contribution in [0, 0.1) is 0 Å². The summed E-state index contributed by atoms with van der Waals surface area (Å²) in [4.78, 5) is 4.07. The smallest absolute Gasteiger partial charge is 0.208 e. The summed E-state index contributed by atoms with van der Waals surface area (Å²) in [6, 6.07) is 0. The van der Waals surface area contributed by atoms with E-state index in [-0.39, 0.29) is 0 Å². The van der Waals surface area contributed by atoms with E-state index in [0.717, 1.165) is 5.69 Å². The van der Waals surface area contributed by atoms with E-state index in [1.54, 1.807) is 6.20 Å². The van der Waals surface area contributed by atoms with Crippen molar-refractivity contribution in [2.45, 2.75) is 11.7 Å². The molecule has 0 radical (unpaired) electrons. The molecule has 5 heteroatoms. The zero-order chi connectivity index (χ0) is 8.10. The third-order valence-corrected chi connectivity index (χ3v) is 1.68. The summed E-state index contributed by atoms with van der Waals surface area (Å²) in [6.07, 6.45) is 3.66. The van der Waals surface area contributed by atoms with E-state index in [0.29, 0.717) is 11.7 Å². The molecular weight excluding hydrogens is 160 g/mol. The van der Waals surface area contributed by atoms with Crippen LogP contribution >= 0.6 is 11.8 Å². The van der Waals surface area contributed by atoms with Crippen LogP contribution in [-0.4, -0.2) is 28.5 Å². The molecule has 0 amide bonds. The van der Waals surface area contributed by atoms with E-state index in [1.807, 2.05) is 13.3 Å². The molecule has 1 rings (SSSR count). The van der Waals surface area contributed by atoms with Gasteiger partial charge >= 0.3 is 0 Å². The van der Waals surface area contributed by atoms with Gasteiger partial charge in [-0.3, -0.25) is 0 Å². The zero-order valence-electron chi connectivity index (χ0n) is 6.53. The summed E-state index contributed by atoms with van der Waals surface area (Å²) in [7, 11) is 1.87. The van der Waals surface area contributed by atoms with Crippen LogP contribution < -0.4 is 5.32 Å². The van der Waals surface area contributed by atoms with Gasteiger partial charge in [0.25, 0.3) is 0 Å². The molecule has 11 heavy (non-hydrogen) atoms. The molecule has 0 aliphatic carbocycles. The molecule has 0 spiro atoms. The summed E-state index contributed by atoms with van der Waals surface area (Å²) in [6.45, 7) is 0.717. The molecule has 0 aromatic carbocycles. The van der Waals surface area contributed by atoms with Crippen molar-refractivity contribution < 1.29 is 0 Å². The van der Waals surface area contributed by atoms with Gasteiger partial charge in [0.05, 0.1) is 11.9 Å². The number of rotatable bonds is 3. The fourth-order valence-corrected chi connectivity index (χ4v) is 0.925. The van der Waals surface area contributed by atoms with E-state index in [2.05, 4.69) is 20.5 Å². The predicted molar refractivity (Wildman–Crippen MR) is 44.4 cm³/mol. The van der Waals surface area contributed by atoms with E-state index in [1.165, 1.54) is 11.8 Å². The van der Waals surface area contributed by atoms with E-state index >= 15 is 0 Å². The van der Waals surface area contributed by atoms with Crippen molar-refractivity contribution in [3.05, 3.63) is 11.9 Å². The van der Waals surface area contributed by atoms with Crippen LogP contribution in [0.25, 0.3) is 0 Å². The van der Waals surface area contributed by atoms with Crippen molar-refractivity contribution in [2.24, 2.45) is 0 Å². The van der Waals surface area contributed by atoms with Crippen molar-refractivity contribution in [1.82, 2.24) is 20.5 Å². The topological polar surface area (TPSA) is 50.7 Å². The highest BCUT2D eigenvalue weighted by molar-refractivity contribution is 7.98. The average Bonchev–Trinajstić information content (AvgIpc) is 2.07. The van der Waals surface area contributed by atoms with Gasteiger partial charge in [-0.25, -0.2) is 4.98 Å². The van der Waals surface area contributed by atoms with Crippen LogP contribution in [0.15, 0.2) is 11.4 Å². The van der Waals surface area contributed by atoms with Crippen LogP contribution in [0.3, 0.4) is 0 Å². The van der Waals surface area contributed by atoms with Gasteiger partial charge in [0.2, 0.25) is 5.16 Å². The molecule has 0 bridgehead atoms. The molecular formula is C6H10N4S. The van der Waals surface area contributed by atoms with Gasteiger partial charge in [-0.1, -0.05) is 11.8 Å². The molecule has 1 aromatic rings. The number of thioether (sulfide) groups is 1. The first kappa shape index (κ1) is 8.42. The highest BCUT2D eigenvalue weighted by Crippen LogP contribution is 2.04. The number of hydrogen-bond donors (Lipinski definition) is 1. The van der Waals surface area contributed by atoms with Gasteiger partial charge in [0.1, 0.15) is 0 Å². The van der Waals surface area contributed by atoms with Crippen LogP contribution in [0.2, 0.25) is 0 Å². The second-order valence-electron chi connectivity index (χ2n) is 1.97. The first-order valence-electron chi connectivity index (χ1n) is 3.24. The van der Waals surface area contributed by atoms with Crippen LogP contribution in [0.1, 0.15) is 5.69 Å². The molecule has 1 N–H and O–H groups in total. The summed E-state index contributed by atoms with van der Waals surface area (Å²) < 4.78 is 0. The summed E-state index contributed by atoms with van der Waals surface area (Å²) in [5.74, 6) is 0. The zero-order valence-corrected chi connectivity index (χ0v) is 7.35. The second-order valence-corrected chi connectivity index (χ2v) is 2.74. The Morgan fingerprint density at radius 1 is 1.55 bits per heavy atom. The van der Waals surface area contributed by atoms with Gasteiger partial charge in [0.15, 0.2) is 0 Å². The summed E-state index contributed by atoms with van der Waals surface area (Å²) >= 11 is 1.49. The first-order valence-corrected chi connectivity index (χ1v) is 4.46. The fourth-order valence-electron chi connectivity index (χ4n) is 0.644. The predicted octanol–water partition coefficient (Wildman–Crippen LogP) is 0.313. The van der Waals surface area contributed by atoms with Crippen LogP contribution in [0.5, 0.6) is 0 Å². The van der Waals surface area contributed by atoms with E-state index < -0.39 is 0 Å². The van der Waals surface area contributed by atoms with Crippen molar-refractivity contribution in [3.8, 4) is 0 Å². The molecule has 0 aliphatic rings. The Kier molecular flexibility index (Phi) is 3.25. The van der Waals surface area contributed by atoms with Crippen LogP contribution in [-0.2, 0) is 6.54 Å². The standard InChI is InChI=1S/C6H10N4S/c1-7-3-5-4-8-6(11-2)10-9-5/h4,7H,3H2,1-2H3. The van der Waals surface area contributed by atoms with Crippen molar-refractivity contribution in [2.75, 3.05) is 13.3 Å². The minimum absolute atomic E-state index is 0.713. The molecule has 0 fully saturated rings. The van der Waals surface area contributed by atoms with E-state index in [9.17, 15) is 0 Å². The first-order chi connectivity index (χ1) is 5.36. The molecule has 0 aliphatic heterocycles. The van der Waals surface area contributed by atoms with Gasteiger partial charge in [-0.15, -0.1) is 10.2 Å². The fraction of sp³-hybridized carbons (Fsp3) is 0.500. The normalized spacial score (nSPS) is 10.0. The number of nitrogens with zero attached hydrogens (tertiary/aromatic N) is 3. The monoisotopic (exact) mass is 170 g/mol. The second kappa shape index (κ2) is 4.25. The maximum atomic E-state index is 4.07. The molecule has 0 saturated heterocycles. The lowest BCUT2D eigenvalue weighted by Crippen LogP contribution is -2.08. The molecule has 4 nitrogen and oxygen atoms in total. The van der Waals surface area contributed by atoms with Gasteiger partial charge in [0, 0.05) is 6.54 Å². The van der Waals surface area contributed by atoms with Gasteiger partial charge in [-0.2, -0.15) is 0 Å². The maximum Gasteiger partial charge on any atom is 0.208 e. The van der Waals surface area contributed by atoms with Gasteiger partial charge < -0.3 is 5.32 Å². The molecule has 0 unspecified atom stereocenters.